The molecule has 186 valence electrons. The quantitative estimate of drug-likeness (QED) is 0.0914. The molecule has 0 saturated carbocycles. The van der Waals surface area contributed by atoms with E-state index < -0.39 is 30.4 Å². The molecule has 10 nitrogen and oxygen atoms in total. The first-order chi connectivity index (χ1) is 17.1. The number of amidine groups is 1. The number of nitrogens with two attached hydrogens (primary N) is 1. The van der Waals surface area contributed by atoms with Gasteiger partial charge in [-0.15, -0.1) is 0 Å². The molecule has 0 heterocycles. The Bertz CT molecular complexity index is 1240. The third-order valence-electron chi connectivity index (χ3n) is 4.59. The summed E-state index contributed by atoms with van der Waals surface area (Å²) in [6, 6.07) is 12.4. The Morgan fingerprint density at radius 2 is 1.67 bits per heavy atom. The molecule has 0 aliphatic heterocycles. The van der Waals surface area contributed by atoms with Crippen molar-refractivity contribution in [2.75, 3.05) is 19.7 Å². The second kappa shape index (κ2) is 13.1. The summed E-state index contributed by atoms with van der Waals surface area (Å²) in [5.74, 6) is 1.67. The lowest BCUT2D eigenvalue weighted by molar-refractivity contribution is -0.142. The molecule has 2 rings (SSSR count). The molecule has 10 heteroatoms. The number of nitrogens with one attached hydrogen (secondary N) is 1. The molecule has 0 radical (unpaired) electrons. The molecule has 0 saturated heterocycles. The van der Waals surface area contributed by atoms with Crippen molar-refractivity contribution in [1.82, 2.24) is 4.90 Å². The van der Waals surface area contributed by atoms with Crippen LogP contribution in [0.4, 0.5) is 0 Å². The van der Waals surface area contributed by atoms with Gasteiger partial charge in [0, 0.05) is 17.1 Å². The van der Waals surface area contributed by atoms with Gasteiger partial charge in [0.2, 0.25) is 0 Å². The van der Waals surface area contributed by atoms with Crippen molar-refractivity contribution >= 4 is 35.7 Å². The van der Waals surface area contributed by atoms with E-state index in [9.17, 15) is 19.2 Å². The van der Waals surface area contributed by atoms with Gasteiger partial charge in [-0.1, -0.05) is 18.1 Å². The molecule has 0 spiro atoms. The maximum absolute atomic E-state index is 12.7. The fourth-order valence-electron chi connectivity index (χ4n) is 2.88. The number of carbonyl (C=O) groups is 4. The topological polar surface area (TPSA) is 160 Å². The van der Waals surface area contributed by atoms with Gasteiger partial charge in [0.05, 0.1) is 18.7 Å². The van der Waals surface area contributed by atoms with Gasteiger partial charge >= 0.3 is 17.9 Å². The normalized spacial score (nSPS) is 10.4. The van der Waals surface area contributed by atoms with Crippen LogP contribution < -0.4 is 10.5 Å². The molecule has 1 amide bonds. The molecular weight excluding hydrogens is 466 g/mol. The zero-order chi connectivity index (χ0) is 26.7. The molecule has 4 N–H and O–H groups in total. The van der Waals surface area contributed by atoms with Crippen LogP contribution in [0, 0.1) is 17.3 Å². The molecule has 0 aliphatic rings. The number of carboxylic acid groups (broad SMARTS) is 1. The Kier molecular flexibility index (Phi) is 9.95. The zero-order valence-electron chi connectivity index (χ0n) is 19.7. The highest BCUT2D eigenvalue weighted by Gasteiger charge is 2.18. The third-order valence-corrected chi connectivity index (χ3v) is 4.59. The van der Waals surface area contributed by atoms with Crippen LogP contribution in [0.25, 0.3) is 6.08 Å². The number of ether oxygens (including phenoxy) is 2. The predicted octanol–water partition coefficient (Wildman–Crippen LogP) is 2.07. The van der Waals surface area contributed by atoms with Gasteiger partial charge in [0.1, 0.15) is 18.1 Å². The van der Waals surface area contributed by atoms with Crippen LogP contribution in [0.5, 0.6) is 5.75 Å². The number of esters is 2. The van der Waals surface area contributed by atoms with Crippen molar-refractivity contribution in [3.63, 3.8) is 0 Å². The number of amides is 1. The first-order valence-corrected chi connectivity index (χ1v) is 10.7. The average Bonchev–Trinajstić information content (AvgIpc) is 2.83. The maximum Gasteiger partial charge on any atom is 0.384 e. The molecule has 0 atom stereocenters. The number of carboxylic acids is 1. The number of nitrogens with zero attached hydrogens (tertiary/aromatic N) is 1. The van der Waals surface area contributed by atoms with Crippen LogP contribution in [0.3, 0.4) is 0 Å². The second-order valence-corrected chi connectivity index (χ2v) is 7.35. The van der Waals surface area contributed by atoms with Crippen molar-refractivity contribution in [3.05, 3.63) is 70.8 Å². The second-order valence-electron chi connectivity index (χ2n) is 7.35. The Labute approximate surface area is 207 Å². The number of carbonyl (C=O) groups excluding carboxylic acids is 3. The van der Waals surface area contributed by atoms with E-state index in [1.54, 1.807) is 31.2 Å². The molecule has 0 aromatic heterocycles. The molecule has 36 heavy (non-hydrogen) atoms. The van der Waals surface area contributed by atoms with E-state index in [1.807, 2.05) is 0 Å². The van der Waals surface area contributed by atoms with Gasteiger partial charge in [-0.3, -0.25) is 15.0 Å². The van der Waals surface area contributed by atoms with E-state index in [-0.39, 0.29) is 30.1 Å². The summed E-state index contributed by atoms with van der Waals surface area (Å²) in [4.78, 5) is 48.6. The molecule has 2 aromatic carbocycles. The monoisotopic (exact) mass is 491 g/mol. The Morgan fingerprint density at radius 1 is 1.06 bits per heavy atom. The van der Waals surface area contributed by atoms with E-state index in [0.717, 1.165) is 4.90 Å². The largest absolute Gasteiger partial charge is 0.480 e. The number of aliphatic carboxylic acids is 1. The molecule has 0 bridgehead atoms. The van der Waals surface area contributed by atoms with E-state index in [0.29, 0.717) is 16.9 Å². The fraction of sp³-hybridized carbons (Fsp3) is 0.192. The summed E-state index contributed by atoms with van der Waals surface area (Å²) in [5, 5.41) is 16.5. The van der Waals surface area contributed by atoms with Crippen molar-refractivity contribution in [2.45, 2.75) is 13.8 Å². The van der Waals surface area contributed by atoms with E-state index in [2.05, 4.69) is 16.6 Å². The fourth-order valence-corrected chi connectivity index (χ4v) is 2.88. The SMILES string of the molecule is CCOC(=O)C#CCN(CC(=O)O)C(=O)C(C)=Cc1ccc(C(=O)Oc2ccc(C(=N)N)cc2)cc1. The van der Waals surface area contributed by atoms with Gasteiger partial charge in [-0.2, -0.15) is 0 Å². The van der Waals surface area contributed by atoms with E-state index >= 15 is 0 Å². The summed E-state index contributed by atoms with van der Waals surface area (Å²) in [6.07, 6.45) is 1.53. The number of rotatable bonds is 9. The van der Waals surface area contributed by atoms with E-state index in [4.69, 9.17) is 21.0 Å². The summed E-state index contributed by atoms with van der Waals surface area (Å²) >= 11 is 0. The minimum Gasteiger partial charge on any atom is -0.480 e. The lowest BCUT2D eigenvalue weighted by Crippen LogP contribution is -2.36. The third kappa shape index (κ3) is 8.46. The highest BCUT2D eigenvalue weighted by atomic mass is 16.5. The maximum atomic E-state index is 12.7. The predicted molar refractivity (Wildman–Crippen MR) is 131 cm³/mol. The van der Waals surface area contributed by atoms with Gasteiger partial charge in [-0.05, 0) is 61.9 Å². The molecule has 0 fully saturated rings. The Morgan fingerprint density at radius 3 is 2.22 bits per heavy atom. The number of hydrogen-bond donors (Lipinski definition) is 3. The van der Waals surface area contributed by atoms with Crippen LogP contribution in [0.2, 0.25) is 0 Å². The van der Waals surface area contributed by atoms with Gasteiger partial charge < -0.3 is 25.2 Å². The van der Waals surface area contributed by atoms with E-state index in [1.165, 1.54) is 37.3 Å². The number of nitrogen functional groups attached to an aromatic ring is 1. The summed E-state index contributed by atoms with van der Waals surface area (Å²) in [6.45, 7) is 2.42. The average molecular weight is 492 g/mol. The van der Waals surface area contributed by atoms with Crippen molar-refractivity contribution in [1.29, 1.82) is 5.41 Å². The van der Waals surface area contributed by atoms with Crippen LogP contribution in [-0.4, -0.2) is 59.4 Å². The van der Waals surface area contributed by atoms with Crippen molar-refractivity contribution in [2.24, 2.45) is 5.73 Å². The van der Waals surface area contributed by atoms with Crippen LogP contribution in [-0.2, 0) is 19.1 Å². The van der Waals surface area contributed by atoms with Gasteiger partial charge in [-0.25, -0.2) is 9.59 Å². The van der Waals surface area contributed by atoms with Crippen molar-refractivity contribution in [3.8, 4) is 17.6 Å². The molecule has 0 unspecified atom stereocenters. The lowest BCUT2D eigenvalue weighted by Gasteiger charge is -2.18. The molecule has 0 aliphatic carbocycles. The van der Waals surface area contributed by atoms with Gasteiger partial charge in [0.25, 0.3) is 5.91 Å². The Balaban J connectivity index is 2.08. The number of hydrogen-bond acceptors (Lipinski definition) is 7. The van der Waals surface area contributed by atoms with Gasteiger partial charge in [0.15, 0.2) is 0 Å². The van der Waals surface area contributed by atoms with Crippen LogP contribution >= 0.6 is 0 Å². The smallest absolute Gasteiger partial charge is 0.384 e. The minimum absolute atomic E-state index is 0.0963. The minimum atomic E-state index is -1.23. The number of benzene rings is 2. The summed E-state index contributed by atoms with van der Waals surface area (Å²) < 4.78 is 9.98. The Hall–Kier alpha value is -4.91. The lowest BCUT2D eigenvalue weighted by atomic mass is 10.1. The van der Waals surface area contributed by atoms with Crippen molar-refractivity contribution < 1.29 is 33.8 Å². The highest BCUT2D eigenvalue weighted by molar-refractivity contribution is 5.99. The molecule has 2 aromatic rings. The summed E-state index contributed by atoms with van der Waals surface area (Å²) in [7, 11) is 0. The standard InChI is InChI=1S/C26H25N3O7/c1-3-35-23(32)5-4-14-29(16-22(30)31)25(33)17(2)15-18-6-8-20(9-7-18)26(34)36-21-12-10-19(11-13-21)24(27)28/h6-13,15H,3,14,16H2,1-2H3,(H3,27,28)(H,30,31). The summed E-state index contributed by atoms with van der Waals surface area (Å²) in [5.41, 5.74) is 7.00. The zero-order valence-corrected chi connectivity index (χ0v) is 19.7. The highest BCUT2D eigenvalue weighted by Crippen LogP contribution is 2.16. The first kappa shape index (κ1) is 27.3. The first-order valence-electron chi connectivity index (χ1n) is 10.7. The van der Waals surface area contributed by atoms with Crippen LogP contribution in [0.15, 0.2) is 54.1 Å². The van der Waals surface area contributed by atoms with Crippen LogP contribution in [0.1, 0.15) is 35.3 Å². The molecular formula is C26H25N3O7.